The maximum atomic E-state index is 14.0. The lowest BCUT2D eigenvalue weighted by Gasteiger charge is -2.16. The number of esters is 1. The summed E-state index contributed by atoms with van der Waals surface area (Å²) in [7, 11) is -0.109. The SMILES string of the molecule is COC(=O)c1cc(F)c(F)c2nc(Cl)n(COCC[Si](C)(C)C)c12. The van der Waals surface area contributed by atoms with E-state index in [-0.39, 0.29) is 28.6 Å². The van der Waals surface area contributed by atoms with Gasteiger partial charge < -0.3 is 9.47 Å². The van der Waals surface area contributed by atoms with Gasteiger partial charge in [-0.2, -0.15) is 0 Å². The smallest absolute Gasteiger partial charge is 0.340 e. The Labute approximate surface area is 144 Å². The van der Waals surface area contributed by atoms with E-state index in [1.165, 1.54) is 4.57 Å². The summed E-state index contributed by atoms with van der Waals surface area (Å²) < 4.78 is 39.2. The topological polar surface area (TPSA) is 53.3 Å². The van der Waals surface area contributed by atoms with E-state index in [9.17, 15) is 13.6 Å². The van der Waals surface area contributed by atoms with E-state index in [4.69, 9.17) is 16.3 Å². The van der Waals surface area contributed by atoms with Crippen molar-refractivity contribution < 1.29 is 23.0 Å². The molecular weight excluding hydrogens is 358 g/mol. The predicted molar refractivity (Wildman–Crippen MR) is 90.1 cm³/mol. The summed E-state index contributed by atoms with van der Waals surface area (Å²) in [6.45, 7) is 7.12. The Morgan fingerprint density at radius 3 is 2.62 bits per heavy atom. The number of fused-ring (bicyclic) bond motifs is 1. The predicted octanol–water partition coefficient (Wildman–Crippen LogP) is 4.07. The molecule has 1 aromatic heterocycles. The van der Waals surface area contributed by atoms with Gasteiger partial charge in [-0.25, -0.2) is 18.6 Å². The van der Waals surface area contributed by atoms with Gasteiger partial charge in [-0.15, -0.1) is 0 Å². The van der Waals surface area contributed by atoms with E-state index >= 15 is 0 Å². The van der Waals surface area contributed by atoms with E-state index in [1.54, 1.807) is 0 Å². The first-order chi connectivity index (χ1) is 11.2. The van der Waals surface area contributed by atoms with Crippen molar-refractivity contribution in [2.24, 2.45) is 0 Å². The molecule has 2 rings (SSSR count). The maximum Gasteiger partial charge on any atom is 0.340 e. The molecule has 5 nitrogen and oxygen atoms in total. The summed E-state index contributed by atoms with van der Waals surface area (Å²) in [5.41, 5.74) is -0.424. The zero-order valence-corrected chi connectivity index (χ0v) is 15.7. The molecule has 9 heteroatoms. The second-order valence-electron chi connectivity index (χ2n) is 6.57. The molecule has 132 valence electrons. The summed E-state index contributed by atoms with van der Waals surface area (Å²) in [6.07, 6.45) is 0. The van der Waals surface area contributed by atoms with Crippen LogP contribution in [0, 0.1) is 11.6 Å². The van der Waals surface area contributed by atoms with Crippen LogP contribution in [0.15, 0.2) is 6.07 Å². The average molecular weight is 377 g/mol. The van der Waals surface area contributed by atoms with Gasteiger partial charge in [0.25, 0.3) is 0 Å². The number of rotatable bonds is 6. The van der Waals surface area contributed by atoms with Crippen molar-refractivity contribution in [2.45, 2.75) is 32.4 Å². The highest BCUT2D eigenvalue weighted by Crippen LogP contribution is 2.28. The van der Waals surface area contributed by atoms with Crippen LogP contribution in [0.4, 0.5) is 8.78 Å². The first kappa shape index (κ1) is 18.8. The lowest BCUT2D eigenvalue weighted by atomic mass is 10.1. The van der Waals surface area contributed by atoms with Crippen LogP contribution >= 0.6 is 11.6 Å². The molecule has 0 aliphatic rings. The lowest BCUT2D eigenvalue weighted by Crippen LogP contribution is -2.22. The molecule has 0 amide bonds. The summed E-state index contributed by atoms with van der Waals surface area (Å²) in [5, 5.41) is -0.0901. The first-order valence-corrected chi connectivity index (χ1v) is 11.4. The average Bonchev–Trinajstić information content (AvgIpc) is 2.82. The quantitative estimate of drug-likeness (QED) is 0.433. The Morgan fingerprint density at radius 2 is 2.04 bits per heavy atom. The van der Waals surface area contributed by atoms with Crippen molar-refractivity contribution >= 4 is 36.7 Å². The van der Waals surface area contributed by atoms with Gasteiger partial charge in [-0.1, -0.05) is 19.6 Å². The number of hydrogen-bond acceptors (Lipinski definition) is 4. The highest BCUT2D eigenvalue weighted by atomic mass is 35.5. The number of carbonyl (C=O) groups is 1. The van der Waals surface area contributed by atoms with Crippen molar-refractivity contribution in [3.8, 4) is 0 Å². The van der Waals surface area contributed by atoms with Crippen LogP contribution in [0.1, 0.15) is 10.4 Å². The number of imidazole rings is 1. The van der Waals surface area contributed by atoms with E-state index in [0.29, 0.717) is 6.61 Å². The van der Waals surface area contributed by atoms with Crippen LogP contribution in [0.2, 0.25) is 31.0 Å². The number of carbonyl (C=O) groups excluding carboxylic acids is 1. The van der Waals surface area contributed by atoms with Crippen LogP contribution in [0.5, 0.6) is 0 Å². The minimum absolute atomic E-state index is 0.0190. The second kappa shape index (κ2) is 7.16. The molecule has 0 radical (unpaired) electrons. The van der Waals surface area contributed by atoms with Crippen molar-refractivity contribution in [2.75, 3.05) is 13.7 Å². The summed E-state index contributed by atoms with van der Waals surface area (Å²) in [6, 6.07) is 1.71. The molecule has 0 saturated carbocycles. The molecule has 1 aromatic carbocycles. The highest BCUT2D eigenvalue weighted by Gasteiger charge is 2.24. The lowest BCUT2D eigenvalue weighted by molar-refractivity contribution is 0.0600. The van der Waals surface area contributed by atoms with Gasteiger partial charge in [0.2, 0.25) is 5.28 Å². The normalized spacial score (nSPS) is 12.0. The zero-order valence-electron chi connectivity index (χ0n) is 14.0. The third-order valence-electron chi connectivity index (χ3n) is 3.49. The summed E-state index contributed by atoms with van der Waals surface area (Å²) >= 11 is 6.02. The highest BCUT2D eigenvalue weighted by molar-refractivity contribution is 6.76. The Kier molecular flexibility index (Phi) is 5.62. The Morgan fingerprint density at radius 1 is 1.38 bits per heavy atom. The molecule has 0 aliphatic carbocycles. The first-order valence-electron chi connectivity index (χ1n) is 7.35. The monoisotopic (exact) mass is 376 g/mol. The summed E-state index contributed by atoms with van der Waals surface area (Å²) in [4.78, 5) is 15.7. The Bertz CT molecular complexity index is 774. The number of ether oxygens (including phenoxy) is 2. The van der Waals surface area contributed by atoms with E-state index in [1.807, 2.05) is 0 Å². The van der Waals surface area contributed by atoms with Gasteiger partial charge >= 0.3 is 5.97 Å². The van der Waals surface area contributed by atoms with Gasteiger partial charge in [-0.05, 0) is 23.7 Å². The van der Waals surface area contributed by atoms with Crippen LogP contribution in [0.25, 0.3) is 11.0 Å². The third kappa shape index (κ3) is 3.93. The van der Waals surface area contributed by atoms with Crippen molar-refractivity contribution in [1.29, 1.82) is 0 Å². The van der Waals surface area contributed by atoms with Crippen LogP contribution in [-0.4, -0.2) is 37.3 Å². The Balaban J connectivity index is 2.41. The van der Waals surface area contributed by atoms with Gasteiger partial charge in [-0.3, -0.25) is 4.57 Å². The Hall–Kier alpha value is -1.51. The molecule has 0 fully saturated rings. The second-order valence-corrected chi connectivity index (χ2v) is 12.5. The van der Waals surface area contributed by atoms with Crippen LogP contribution in [-0.2, 0) is 16.2 Å². The molecule has 0 N–H and O–H groups in total. The number of halogens is 3. The van der Waals surface area contributed by atoms with Gasteiger partial charge in [0, 0.05) is 14.7 Å². The number of methoxy groups -OCH3 is 1. The van der Waals surface area contributed by atoms with E-state index < -0.39 is 25.7 Å². The number of benzene rings is 1. The fourth-order valence-electron chi connectivity index (χ4n) is 2.14. The van der Waals surface area contributed by atoms with Crippen molar-refractivity contribution in [3.63, 3.8) is 0 Å². The number of aromatic nitrogens is 2. The van der Waals surface area contributed by atoms with Crippen molar-refractivity contribution in [1.82, 2.24) is 9.55 Å². The fourth-order valence-corrected chi connectivity index (χ4v) is 3.12. The molecule has 1 heterocycles. The van der Waals surface area contributed by atoms with Gasteiger partial charge in [0.05, 0.1) is 18.2 Å². The largest absolute Gasteiger partial charge is 0.465 e. The number of nitrogens with zero attached hydrogens (tertiary/aromatic N) is 2. The fraction of sp³-hybridized carbons (Fsp3) is 0.467. The standard InChI is InChI=1S/C15H19ClF2N2O3Si/c1-22-14(21)9-7-10(17)11(18)12-13(9)20(15(16)19-12)8-23-5-6-24(2,3)4/h7H,5-6,8H2,1-4H3. The van der Waals surface area contributed by atoms with Crippen LogP contribution < -0.4 is 0 Å². The minimum Gasteiger partial charge on any atom is -0.465 e. The molecule has 2 aromatic rings. The molecule has 0 aliphatic heterocycles. The molecule has 0 bridgehead atoms. The molecule has 0 spiro atoms. The maximum absolute atomic E-state index is 14.0. The molecule has 0 atom stereocenters. The third-order valence-corrected chi connectivity index (χ3v) is 5.48. The molecule has 24 heavy (non-hydrogen) atoms. The van der Waals surface area contributed by atoms with Gasteiger partial charge in [0.15, 0.2) is 11.6 Å². The molecular formula is C15H19ClF2N2O3Si. The summed E-state index contributed by atoms with van der Waals surface area (Å²) in [5.74, 6) is -3.16. The zero-order chi connectivity index (χ0) is 18.1. The molecule has 0 saturated heterocycles. The van der Waals surface area contributed by atoms with E-state index in [0.717, 1.165) is 19.2 Å². The van der Waals surface area contributed by atoms with Gasteiger partial charge in [0.1, 0.15) is 12.2 Å². The van der Waals surface area contributed by atoms with Crippen LogP contribution in [0.3, 0.4) is 0 Å². The van der Waals surface area contributed by atoms with E-state index in [2.05, 4.69) is 29.4 Å². The van der Waals surface area contributed by atoms with Crippen molar-refractivity contribution in [3.05, 3.63) is 28.5 Å². The minimum atomic E-state index is -1.26. The number of hydrogen-bond donors (Lipinski definition) is 0. The molecule has 0 unspecified atom stereocenters.